The molecule has 30 heavy (non-hydrogen) atoms. The van der Waals surface area contributed by atoms with E-state index in [2.05, 4.69) is 5.32 Å². The van der Waals surface area contributed by atoms with E-state index in [-0.39, 0.29) is 24.9 Å². The molecule has 1 aliphatic rings. The maximum absolute atomic E-state index is 13.4. The molecule has 3 rings (SSSR count). The predicted octanol–water partition coefficient (Wildman–Crippen LogP) is 3.86. The van der Waals surface area contributed by atoms with Crippen LogP contribution in [0.15, 0.2) is 41.3 Å². The van der Waals surface area contributed by atoms with Gasteiger partial charge in [-0.3, -0.25) is 4.79 Å². The lowest BCUT2D eigenvalue weighted by Crippen LogP contribution is -2.43. The van der Waals surface area contributed by atoms with Gasteiger partial charge in [0, 0.05) is 19.0 Å². The third kappa shape index (κ3) is 4.70. The number of aryl methyl sites for hydroxylation is 2. The summed E-state index contributed by atoms with van der Waals surface area (Å²) < 4.78 is 53.9. The van der Waals surface area contributed by atoms with Crippen molar-refractivity contribution in [1.29, 1.82) is 0 Å². The lowest BCUT2D eigenvalue weighted by Gasteiger charge is -2.31. The van der Waals surface area contributed by atoms with Gasteiger partial charge in [0.05, 0.1) is 10.9 Å². The summed E-state index contributed by atoms with van der Waals surface area (Å²) in [5, 5.41) is 2.82. The number of benzene rings is 2. The Labute approximate surface area is 176 Å². The molecule has 1 saturated heterocycles. The summed E-state index contributed by atoms with van der Waals surface area (Å²) in [4.78, 5) is 12.9. The number of hydrogen-bond acceptors (Lipinski definition) is 3. The van der Waals surface area contributed by atoms with Crippen LogP contribution in [0.2, 0.25) is 0 Å². The number of sulfonamides is 1. The van der Waals surface area contributed by atoms with Crippen molar-refractivity contribution in [2.75, 3.05) is 13.1 Å². The van der Waals surface area contributed by atoms with Crippen molar-refractivity contribution in [3.05, 3.63) is 64.7 Å². The van der Waals surface area contributed by atoms with Crippen LogP contribution in [0.5, 0.6) is 0 Å². The molecule has 0 aromatic heterocycles. The molecule has 1 atom stereocenters. The summed E-state index contributed by atoms with van der Waals surface area (Å²) in [5.41, 5.74) is 2.17. The van der Waals surface area contributed by atoms with Gasteiger partial charge in [-0.05, 0) is 62.9 Å². The van der Waals surface area contributed by atoms with Gasteiger partial charge < -0.3 is 5.32 Å². The van der Waals surface area contributed by atoms with Crippen LogP contribution in [0.1, 0.15) is 42.5 Å². The van der Waals surface area contributed by atoms with Gasteiger partial charge in [-0.2, -0.15) is 4.31 Å². The van der Waals surface area contributed by atoms with E-state index >= 15 is 0 Å². The molecule has 5 nitrogen and oxygen atoms in total. The second-order valence-electron chi connectivity index (χ2n) is 7.85. The summed E-state index contributed by atoms with van der Waals surface area (Å²) >= 11 is 0. The number of nitrogens with one attached hydrogen (secondary N) is 1. The zero-order valence-electron chi connectivity index (χ0n) is 17.3. The van der Waals surface area contributed by atoms with E-state index in [1.807, 2.05) is 13.0 Å². The Morgan fingerprint density at radius 1 is 1.07 bits per heavy atom. The van der Waals surface area contributed by atoms with Gasteiger partial charge in [0.2, 0.25) is 15.9 Å². The van der Waals surface area contributed by atoms with Gasteiger partial charge in [-0.15, -0.1) is 0 Å². The minimum absolute atomic E-state index is 0.212. The highest BCUT2D eigenvalue weighted by molar-refractivity contribution is 7.89. The molecule has 1 unspecified atom stereocenters. The molecule has 2 aromatic carbocycles. The summed E-state index contributed by atoms with van der Waals surface area (Å²) in [7, 11) is -3.61. The van der Waals surface area contributed by atoms with E-state index in [1.54, 1.807) is 26.0 Å². The van der Waals surface area contributed by atoms with Crippen molar-refractivity contribution in [2.24, 2.45) is 5.92 Å². The minimum atomic E-state index is -3.61. The number of nitrogens with zero attached hydrogens (tertiary/aromatic N) is 1. The molecule has 1 N–H and O–H groups in total. The molecule has 0 spiro atoms. The van der Waals surface area contributed by atoms with Crippen LogP contribution in [0.25, 0.3) is 0 Å². The van der Waals surface area contributed by atoms with E-state index in [0.717, 1.165) is 17.7 Å². The summed E-state index contributed by atoms with van der Waals surface area (Å²) in [6.45, 7) is 5.90. The minimum Gasteiger partial charge on any atom is -0.349 e. The van der Waals surface area contributed by atoms with Gasteiger partial charge in [-0.1, -0.05) is 23.8 Å². The maximum Gasteiger partial charge on any atom is 0.243 e. The Morgan fingerprint density at radius 3 is 2.33 bits per heavy atom. The van der Waals surface area contributed by atoms with Crippen LogP contribution in [0.3, 0.4) is 0 Å². The third-order valence-electron chi connectivity index (χ3n) is 5.58. The van der Waals surface area contributed by atoms with E-state index in [1.165, 1.54) is 10.4 Å². The standard InChI is InChI=1S/C22H26F2N2O3S/c1-14-4-7-21(15(2)12-14)30(28,29)26-10-8-17(9-11-26)22(27)25-16(3)18-5-6-19(23)20(24)13-18/h4-7,12-13,16-17H,8-11H2,1-3H3,(H,25,27). The van der Waals surface area contributed by atoms with E-state index < -0.39 is 27.7 Å². The number of rotatable bonds is 5. The molecule has 2 aromatic rings. The molecule has 162 valence electrons. The molecular weight excluding hydrogens is 410 g/mol. The largest absolute Gasteiger partial charge is 0.349 e. The molecule has 0 saturated carbocycles. The second kappa shape index (κ2) is 8.81. The zero-order valence-corrected chi connectivity index (χ0v) is 18.1. The molecule has 0 radical (unpaired) electrons. The molecule has 1 aliphatic heterocycles. The molecule has 0 bridgehead atoms. The van der Waals surface area contributed by atoms with Crippen molar-refractivity contribution in [3.63, 3.8) is 0 Å². The number of carbonyl (C=O) groups excluding carboxylic acids is 1. The molecule has 1 heterocycles. The Bertz CT molecular complexity index is 1050. The van der Waals surface area contributed by atoms with E-state index in [9.17, 15) is 22.0 Å². The van der Waals surface area contributed by atoms with Crippen LogP contribution in [0.4, 0.5) is 8.78 Å². The number of amides is 1. The number of halogens is 2. The van der Waals surface area contributed by atoms with Gasteiger partial charge in [-0.25, -0.2) is 17.2 Å². The topological polar surface area (TPSA) is 66.5 Å². The first-order valence-corrected chi connectivity index (χ1v) is 11.4. The van der Waals surface area contributed by atoms with E-state index in [0.29, 0.717) is 28.9 Å². The fourth-order valence-electron chi connectivity index (χ4n) is 3.78. The first kappa shape index (κ1) is 22.4. The van der Waals surface area contributed by atoms with Gasteiger partial charge in [0.1, 0.15) is 0 Å². The number of carbonyl (C=O) groups is 1. The monoisotopic (exact) mass is 436 g/mol. The third-order valence-corrected chi connectivity index (χ3v) is 7.63. The predicted molar refractivity (Wildman–Crippen MR) is 110 cm³/mol. The lowest BCUT2D eigenvalue weighted by molar-refractivity contribution is -0.126. The second-order valence-corrected chi connectivity index (χ2v) is 9.76. The van der Waals surface area contributed by atoms with Crippen LogP contribution >= 0.6 is 0 Å². The van der Waals surface area contributed by atoms with Crippen LogP contribution in [-0.2, 0) is 14.8 Å². The summed E-state index contributed by atoms with van der Waals surface area (Å²) in [6, 6.07) is 8.30. The highest BCUT2D eigenvalue weighted by Crippen LogP contribution is 2.27. The van der Waals surface area contributed by atoms with Gasteiger partial charge >= 0.3 is 0 Å². The van der Waals surface area contributed by atoms with Crippen LogP contribution in [-0.4, -0.2) is 31.7 Å². The summed E-state index contributed by atoms with van der Waals surface area (Å²) in [5.74, 6) is -2.44. The number of hydrogen-bond donors (Lipinski definition) is 1. The quantitative estimate of drug-likeness (QED) is 0.774. The SMILES string of the molecule is Cc1ccc(S(=O)(=O)N2CCC(C(=O)NC(C)c3ccc(F)c(F)c3)CC2)c(C)c1. The fraction of sp³-hybridized carbons (Fsp3) is 0.409. The van der Waals surface area contributed by atoms with Crippen LogP contribution < -0.4 is 5.32 Å². The Hall–Kier alpha value is -2.32. The van der Waals surface area contributed by atoms with Crippen LogP contribution in [0, 0.1) is 31.4 Å². The van der Waals surface area contributed by atoms with Gasteiger partial charge in [0.25, 0.3) is 0 Å². The van der Waals surface area contributed by atoms with E-state index in [4.69, 9.17) is 0 Å². The number of piperidine rings is 1. The van der Waals surface area contributed by atoms with Crippen molar-refractivity contribution in [3.8, 4) is 0 Å². The van der Waals surface area contributed by atoms with Gasteiger partial charge in [0.15, 0.2) is 11.6 Å². The molecule has 1 fully saturated rings. The average Bonchev–Trinajstić information content (AvgIpc) is 2.69. The Kier molecular flexibility index (Phi) is 6.57. The molecule has 0 aliphatic carbocycles. The Balaban J connectivity index is 1.61. The maximum atomic E-state index is 13.4. The summed E-state index contributed by atoms with van der Waals surface area (Å²) in [6.07, 6.45) is 0.806. The smallest absolute Gasteiger partial charge is 0.243 e. The van der Waals surface area contributed by atoms with Crippen molar-refractivity contribution in [2.45, 2.75) is 44.6 Å². The average molecular weight is 437 g/mol. The highest BCUT2D eigenvalue weighted by Gasteiger charge is 2.33. The molecule has 1 amide bonds. The first-order chi connectivity index (χ1) is 14.1. The normalized spacial score (nSPS) is 17.0. The van der Waals surface area contributed by atoms with Crippen molar-refractivity contribution >= 4 is 15.9 Å². The molecule has 8 heteroatoms. The fourth-order valence-corrected chi connectivity index (χ4v) is 5.46. The molecular formula is C22H26F2N2O3S. The zero-order chi connectivity index (χ0) is 22.1. The lowest BCUT2D eigenvalue weighted by atomic mass is 9.96. The first-order valence-electron chi connectivity index (χ1n) is 9.92. The highest BCUT2D eigenvalue weighted by atomic mass is 32.2. The van der Waals surface area contributed by atoms with Crippen molar-refractivity contribution < 1.29 is 22.0 Å². The van der Waals surface area contributed by atoms with Crippen molar-refractivity contribution in [1.82, 2.24) is 9.62 Å². The Morgan fingerprint density at radius 2 is 1.73 bits per heavy atom.